The number of rotatable bonds is 4. The molecule has 26 heavy (non-hydrogen) atoms. The van der Waals surface area contributed by atoms with E-state index in [0.717, 1.165) is 4.68 Å². The number of aryl methyl sites for hydroxylation is 1. The van der Waals surface area contributed by atoms with Gasteiger partial charge in [-0.25, -0.2) is 4.68 Å². The van der Waals surface area contributed by atoms with Crippen LogP contribution in [0.1, 0.15) is 26.5 Å². The average molecular weight is 356 g/mol. The highest BCUT2D eigenvalue weighted by Gasteiger charge is 2.20. The smallest absolute Gasteiger partial charge is 0.268 e. The first-order valence-electron chi connectivity index (χ1n) is 8.14. The first-order valence-corrected chi connectivity index (χ1v) is 8.14. The fourth-order valence-corrected chi connectivity index (χ4v) is 2.47. The predicted molar refractivity (Wildman–Crippen MR) is 94.3 cm³/mol. The summed E-state index contributed by atoms with van der Waals surface area (Å²) in [5.41, 5.74) is 0.710. The molecular weight excluding hydrogens is 336 g/mol. The molecule has 0 unspecified atom stereocenters. The highest BCUT2D eigenvalue weighted by Crippen LogP contribution is 2.29. The second kappa shape index (κ2) is 6.62. The maximum absolute atomic E-state index is 12.5. The van der Waals surface area contributed by atoms with E-state index in [0.29, 0.717) is 28.5 Å². The van der Waals surface area contributed by atoms with Crippen molar-refractivity contribution in [2.45, 2.75) is 39.8 Å². The molecule has 0 atom stereocenters. The van der Waals surface area contributed by atoms with Gasteiger partial charge in [-0.05, 0) is 39.8 Å². The number of amides is 1. The number of hydrogen-bond donors (Lipinski definition) is 1. The molecule has 0 saturated heterocycles. The van der Waals surface area contributed by atoms with Crippen molar-refractivity contribution in [3.8, 4) is 22.8 Å². The Balaban J connectivity index is 2.05. The summed E-state index contributed by atoms with van der Waals surface area (Å²) >= 11 is 0. The van der Waals surface area contributed by atoms with Gasteiger partial charge >= 0.3 is 0 Å². The van der Waals surface area contributed by atoms with Crippen LogP contribution in [0.3, 0.4) is 0 Å². The molecule has 3 aromatic rings. The lowest BCUT2D eigenvalue weighted by Crippen LogP contribution is -2.43. The van der Waals surface area contributed by atoms with Gasteiger partial charge in [-0.2, -0.15) is 5.10 Å². The molecule has 3 rings (SSSR count). The topological polar surface area (TPSA) is 103 Å². The van der Waals surface area contributed by atoms with Crippen molar-refractivity contribution < 1.29 is 13.7 Å². The molecule has 1 amide bonds. The van der Waals surface area contributed by atoms with Crippen LogP contribution in [0.5, 0.6) is 0 Å². The van der Waals surface area contributed by atoms with Gasteiger partial charge < -0.3 is 14.3 Å². The minimum atomic E-state index is -0.423. The largest absolute Gasteiger partial charge is 0.463 e. The number of carbonyl (C=O) groups is 1. The Morgan fingerprint density at radius 2 is 2.04 bits per heavy atom. The second-order valence-electron chi connectivity index (χ2n) is 7.01. The SMILES string of the molecule is Cc1cc(-c2cc(=O)n(CC(=O)NC(C)(C)C)nc2-c2ccco2)on1. The summed E-state index contributed by atoms with van der Waals surface area (Å²) in [6, 6.07) is 6.52. The maximum atomic E-state index is 12.5. The molecule has 0 aliphatic rings. The van der Waals surface area contributed by atoms with Crippen LogP contribution in [-0.2, 0) is 11.3 Å². The van der Waals surface area contributed by atoms with Crippen LogP contribution in [0.25, 0.3) is 22.8 Å². The fourth-order valence-electron chi connectivity index (χ4n) is 2.47. The fraction of sp³-hybridized carbons (Fsp3) is 0.333. The molecule has 0 fully saturated rings. The van der Waals surface area contributed by atoms with Crippen LogP contribution in [0.4, 0.5) is 0 Å². The van der Waals surface area contributed by atoms with Crippen molar-refractivity contribution in [2.24, 2.45) is 0 Å². The van der Waals surface area contributed by atoms with Gasteiger partial charge in [0.2, 0.25) is 5.91 Å². The lowest BCUT2D eigenvalue weighted by atomic mass is 10.1. The van der Waals surface area contributed by atoms with Crippen molar-refractivity contribution in [3.63, 3.8) is 0 Å². The van der Waals surface area contributed by atoms with Gasteiger partial charge in [0.25, 0.3) is 5.56 Å². The Kier molecular flexibility index (Phi) is 4.50. The Morgan fingerprint density at radius 3 is 2.62 bits per heavy atom. The van der Waals surface area contributed by atoms with Crippen LogP contribution in [0, 0.1) is 6.92 Å². The summed E-state index contributed by atoms with van der Waals surface area (Å²) in [7, 11) is 0. The molecule has 3 heterocycles. The third-order valence-electron chi connectivity index (χ3n) is 3.45. The molecule has 0 spiro atoms. The summed E-state index contributed by atoms with van der Waals surface area (Å²) in [6.45, 7) is 7.19. The molecule has 0 aliphatic carbocycles. The minimum absolute atomic E-state index is 0.195. The second-order valence-corrected chi connectivity index (χ2v) is 7.01. The first-order chi connectivity index (χ1) is 12.2. The van der Waals surface area contributed by atoms with E-state index < -0.39 is 11.1 Å². The summed E-state index contributed by atoms with van der Waals surface area (Å²) < 4.78 is 11.8. The molecule has 136 valence electrons. The van der Waals surface area contributed by atoms with Crippen LogP contribution in [0.15, 0.2) is 44.3 Å². The Morgan fingerprint density at radius 1 is 1.27 bits per heavy atom. The van der Waals surface area contributed by atoms with E-state index in [9.17, 15) is 9.59 Å². The quantitative estimate of drug-likeness (QED) is 0.770. The zero-order chi connectivity index (χ0) is 18.9. The van der Waals surface area contributed by atoms with Crippen molar-refractivity contribution in [1.29, 1.82) is 0 Å². The Labute approximate surface area is 149 Å². The number of carbonyl (C=O) groups excluding carboxylic acids is 1. The van der Waals surface area contributed by atoms with Gasteiger partial charge in [-0.3, -0.25) is 9.59 Å². The van der Waals surface area contributed by atoms with Crippen LogP contribution in [-0.4, -0.2) is 26.4 Å². The van der Waals surface area contributed by atoms with E-state index in [2.05, 4.69) is 15.6 Å². The molecule has 8 heteroatoms. The van der Waals surface area contributed by atoms with E-state index in [4.69, 9.17) is 8.94 Å². The van der Waals surface area contributed by atoms with E-state index in [1.165, 1.54) is 12.3 Å². The standard InChI is InChI=1S/C18H20N4O4/c1-11-8-14(26-21-11)12-9-16(24)22(10-15(23)19-18(2,3)4)20-17(12)13-6-5-7-25-13/h5-9H,10H2,1-4H3,(H,19,23). The summed E-state index contributed by atoms with van der Waals surface area (Å²) in [5.74, 6) is 0.560. The average Bonchev–Trinajstić information content (AvgIpc) is 3.18. The summed E-state index contributed by atoms with van der Waals surface area (Å²) in [6.07, 6.45) is 1.51. The van der Waals surface area contributed by atoms with Crippen molar-refractivity contribution in [1.82, 2.24) is 20.3 Å². The van der Waals surface area contributed by atoms with Gasteiger partial charge in [0.15, 0.2) is 11.5 Å². The molecule has 1 N–H and O–H groups in total. The van der Waals surface area contributed by atoms with Crippen molar-refractivity contribution >= 4 is 5.91 Å². The third kappa shape index (κ3) is 3.90. The predicted octanol–water partition coefficient (Wildman–Crippen LogP) is 2.38. The lowest BCUT2D eigenvalue weighted by molar-refractivity contribution is -0.123. The number of nitrogens with one attached hydrogen (secondary N) is 1. The number of nitrogens with zero attached hydrogens (tertiary/aromatic N) is 3. The van der Waals surface area contributed by atoms with E-state index in [-0.39, 0.29) is 12.5 Å². The van der Waals surface area contributed by atoms with Gasteiger partial charge in [-0.15, -0.1) is 0 Å². The zero-order valence-electron chi connectivity index (χ0n) is 15.1. The van der Waals surface area contributed by atoms with Gasteiger partial charge in [0.05, 0.1) is 17.5 Å². The lowest BCUT2D eigenvalue weighted by Gasteiger charge is -2.20. The molecule has 8 nitrogen and oxygen atoms in total. The highest BCUT2D eigenvalue weighted by atomic mass is 16.5. The molecule has 0 aromatic carbocycles. The summed E-state index contributed by atoms with van der Waals surface area (Å²) in [5, 5.41) is 11.0. The number of hydrogen-bond acceptors (Lipinski definition) is 6. The zero-order valence-corrected chi connectivity index (χ0v) is 15.1. The van der Waals surface area contributed by atoms with Gasteiger partial charge in [0.1, 0.15) is 12.2 Å². The minimum Gasteiger partial charge on any atom is -0.463 e. The Hall–Kier alpha value is -3.16. The van der Waals surface area contributed by atoms with Crippen LogP contribution < -0.4 is 10.9 Å². The summed E-state index contributed by atoms with van der Waals surface area (Å²) in [4.78, 5) is 24.6. The van der Waals surface area contributed by atoms with Gasteiger partial charge in [-0.1, -0.05) is 5.16 Å². The van der Waals surface area contributed by atoms with Crippen molar-refractivity contribution in [2.75, 3.05) is 0 Å². The monoisotopic (exact) mass is 356 g/mol. The number of aromatic nitrogens is 3. The molecule has 0 aliphatic heterocycles. The molecule has 0 radical (unpaired) electrons. The molecule has 0 bridgehead atoms. The van der Waals surface area contributed by atoms with Crippen LogP contribution in [0.2, 0.25) is 0 Å². The van der Waals surface area contributed by atoms with E-state index in [1.807, 2.05) is 20.8 Å². The highest BCUT2D eigenvalue weighted by molar-refractivity contribution is 5.77. The molecule has 3 aromatic heterocycles. The van der Waals surface area contributed by atoms with E-state index in [1.54, 1.807) is 25.1 Å². The Bertz CT molecular complexity index is 978. The van der Waals surface area contributed by atoms with E-state index >= 15 is 0 Å². The van der Waals surface area contributed by atoms with Crippen LogP contribution >= 0.6 is 0 Å². The molecular formula is C18H20N4O4. The first kappa shape index (κ1) is 17.7. The van der Waals surface area contributed by atoms with Gasteiger partial charge in [0, 0.05) is 17.7 Å². The normalized spacial score (nSPS) is 11.5. The number of furan rings is 1. The maximum Gasteiger partial charge on any atom is 0.268 e. The third-order valence-corrected chi connectivity index (χ3v) is 3.45. The molecule has 0 saturated carbocycles. The van der Waals surface area contributed by atoms with Crippen molar-refractivity contribution in [3.05, 3.63) is 46.6 Å².